The average molecular weight is 369 g/mol. The second-order valence-electron chi connectivity index (χ2n) is 6.00. The number of hydrogen-bond donors (Lipinski definition) is 1. The third-order valence-corrected chi connectivity index (χ3v) is 4.10. The zero-order chi connectivity index (χ0) is 19.2. The van der Waals surface area contributed by atoms with Crippen molar-refractivity contribution < 1.29 is 18.7 Å². The lowest BCUT2D eigenvalue weighted by atomic mass is 10.2. The van der Waals surface area contributed by atoms with Gasteiger partial charge in [-0.1, -0.05) is 12.1 Å². The number of nitrogens with zero attached hydrogens (tertiary/aromatic N) is 2. The van der Waals surface area contributed by atoms with Gasteiger partial charge in [-0.05, 0) is 44.2 Å². The number of aromatic nitrogens is 2. The van der Waals surface area contributed by atoms with Crippen LogP contribution in [0.3, 0.4) is 0 Å². The molecule has 0 aliphatic carbocycles. The first-order chi connectivity index (χ1) is 13.1. The van der Waals surface area contributed by atoms with Gasteiger partial charge >= 0.3 is 0 Å². The molecule has 3 rings (SSSR count). The highest BCUT2D eigenvalue weighted by molar-refractivity contribution is 5.91. The number of carbonyl (C=O) groups is 1. The van der Waals surface area contributed by atoms with Gasteiger partial charge in [0.05, 0.1) is 18.8 Å². The molecule has 2 aromatic heterocycles. The van der Waals surface area contributed by atoms with E-state index in [-0.39, 0.29) is 24.3 Å². The van der Waals surface area contributed by atoms with Crippen molar-refractivity contribution in [2.24, 2.45) is 0 Å². The van der Waals surface area contributed by atoms with E-state index >= 15 is 0 Å². The number of ether oxygens (including phenoxy) is 2. The molecule has 3 aromatic rings. The Morgan fingerprint density at radius 1 is 1.22 bits per heavy atom. The Bertz CT molecular complexity index is 900. The molecular weight excluding hydrogens is 346 g/mol. The van der Waals surface area contributed by atoms with Crippen LogP contribution in [0.4, 0.5) is 0 Å². The van der Waals surface area contributed by atoms with Gasteiger partial charge in [-0.15, -0.1) is 0 Å². The van der Waals surface area contributed by atoms with Crippen molar-refractivity contribution in [3.8, 4) is 11.5 Å². The summed E-state index contributed by atoms with van der Waals surface area (Å²) >= 11 is 0. The monoisotopic (exact) mass is 369 g/mol. The van der Waals surface area contributed by atoms with E-state index in [1.807, 2.05) is 55.1 Å². The quantitative estimate of drug-likeness (QED) is 0.657. The summed E-state index contributed by atoms with van der Waals surface area (Å²) in [5, 5.41) is 7.29. The van der Waals surface area contributed by atoms with Gasteiger partial charge in [0.2, 0.25) is 0 Å². The summed E-state index contributed by atoms with van der Waals surface area (Å²) in [6.07, 6.45) is 1.89. The Morgan fingerprint density at radius 3 is 2.70 bits per heavy atom. The van der Waals surface area contributed by atoms with Crippen molar-refractivity contribution in [2.45, 2.75) is 33.0 Å². The van der Waals surface area contributed by atoms with Gasteiger partial charge < -0.3 is 19.2 Å². The van der Waals surface area contributed by atoms with Crippen LogP contribution in [-0.4, -0.2) is 22.8 Å². The van der Waals surface area contributed by atoms with Crippen molar-refractivity contribution in [3.63, 3.8) is 0 Å². The summed E-state index contributed by atoms with van der Waals surface area (Å²) in [4.78, 5) is 12.4. The number of furan rings is 1. The van der Waals surface area contributed by atoms with E-state index in [9.17, 15) is 4.79 Å². The molecule has 1 aromatic carbocycles. The van der Waals surface area contributed by atoms with E-state index in [0.717, 1.165) is 12.2 Å². The van der Waals surface area contributed by atoms with Crippen molar-refractivity contribution in [2.75, 3.05) is 7.11 Å². The minimum absolute atomic E-state index is 0.199. The molecule has 7 nitrogen and oxygen atoms in total. The van der Waals surface area contributed by atoms with Crippen molar-refractivity contribution in [1.29, 1.82) is 0 Å². The summed E-state index contributed by atoms with van der Waals surface area (Å²) < 4.78 is 18.4. The number of amides is 1. The molecule has 0 bridgehead atoms. The van der Waals surface area contributed by atoms with E-state index in [2.05, 4.69) is 10.4 Å². The summed E-state index contributed by atoms with van der Waals surface area (Å²) in [5.74, 6) is 1.74. The second-order valence-corrected chi connectivity index (χ2v) is 6.00. The van der Waals surface area contributed by atoms with Crippen LogP contribution >= 0.6 is 0 Å². The third kappa shape index (κ3) is 4.49. The van der Waals surface area contributed by atoms with Crippen LogP contribution in [0.15, 0.2) is 53.1 Å². The Kier molecular flexibility index (Phi) is 5.80. The highest BCUT2D eigenvalue weighted by atomic mass is 16.5. The van der Waals surface area contributed by atoms with Crippen LogP contribution in [0.2, 0.25) is 0 Å². The fourth-order valence-corrected chi connectivity index (χ4v) is 2.59. The molecule has 142 valence electrons. The first kappa shape index (κ1) is 18.6. The van der Waals surface area contributed by atoms with Gasteiger partial charge in [0.1, 0.15) is 12.4 Å². The first-order valence-corrected chi connectivity index (χ1v) is 8.79. The molecular formula is C20H23N3O4. The van der Waals surface area contributed by atoms with E-state index in [4.69, 9.17) is 13.9 Å². The Balaban J connectivity index is 1.58. The number of rotatable bonds is 8. The van der Waals surface area contributed by atoms with Crippen LogP contribution in [0, 0.1) is 0 Å². The number of methoxy groups -OCH3 is 1. The lowest BCUT2D eigenvalue weighted by Crippen LogP contribution is -2.26. The molecule has 0 saturated heterocycles. The van der Waals surface area contributed by atoms with Gasteiger partial charge in [0.25, 0.3) is 5.91 Å². The number of carbonyl (C=O) groups excluding carboxylic acids is 1. The molecule has 0 aliphatic heterocycles. The number of hydrogen-bond acceptors (Lipinski definition) is 5. The van der Waals surface area contributed by atoms with Crippen LogP contribution in [0.5, 0.6) is 11.5 Å². The molecule has 0 saturated carbocycles. The molecule has 1 unspecified atom stereocenters. The van der Waals surface area contributed by atoms with Gasteiger partial charge in [0, 0.05) is 12.7 Å². The van der Waals surface area contributed by atoms with E-state index in [1.54, 1.807) is 19.2 Å². The Hall–Kier alpha value is -3.22. The molecule has 1 N–H and O–H groups in total. The second kappa shape index (κ2) is 8.44. The molecule has 7 heteroatoms. The van der Waals surface area contributed by atoms with Crippen molar-refractivity contribution >= 4 is 5.91 Å². The number of para-hydroxylation sites is 2. The molecule has 1 atom stereocenters. The summed E-state index contributed by atoms with van der Waals surface area (Å²) in [6, 6.07) is 12.4. The zero-order valence-corrected chi connectivity index (χ0v) is 15.6. The van der Waals surface area contributed by atoms with Crippen molar-refractivity contribution in [1.82, 2.24) is 15.1 Å². The SMILES string of the molecule is CCn1ccc(C(C)NC(=O)c2ccc(COc3ccccc3OC)o2)n1. The number of benzene rings is 1. The van der Waals surface area contributed by atoms with Crippen LogP contribution < -0.4 is 14.8 Å². The van der Waals surface area contributed by atoms with Gasteiger partial charge in [-0.3, -0.25) is 9.48 Å². The topological polar surface area (TPSA) is 78.5 Å². The number of aryl methyl sites for hydroxylation is 1. The van der Waals surface area contributed by atoms with E-state index in [0.29, 0.717) is 17.3 Å². The van der Waals surface area contributed by atoms with Gasteiger partial charge in [-0.25, -0.2) is 0 Å². The molecule has 0 radical (unpaired) electrons. The van der Waals surface area contributed by atoms with Crippen LogP contribution in [0.1, 0.15) is 41.9 Å². The van der Waals surface area contributed by atoms with Crippen molar-refractivity contribution in [3.05, 3.63) is 65.9 Å². The molecule has 1 amide bonds. The fraction of sp³-hybridized carbons (Fsp3) is 0.300. The molecule has 0 spiro atoms. The average Bonchev–Trinajstić information content (AvgIpc) is 3.36. The third-order valence-electron chi connectivity index (χ3n) is 4.10. The fourth-order valence-electron chi connectivity index (χ4n) is 2.59. The van der Waals surface area contributed by atoms with Gasteiger partial charge in [0.15, 0.2) is 17.3 Å². The predicted molar refractivity (Wildman–Crippen MR) is 99.8 cm³/mol. The molecule has 0 aliphatic rings. The minimum Gasteiger partial charge on any atom is -0.493 e. The molecule has 0 fully saturated rings. The molecule has 27 heavy (non-hydrogen) atoms. The lowest BCUT2D eigenvalue weighted by molar-refractivity contribution is 0.0906. The predicted octanol–water partition coefficient (Wildman–Crippen LogP) is 3.57. The Labute approximate surface area is 157 Å². The summed E-state index contributed by atoms with van der Waals surface area (Å²) in [6.45, 7) is 4.88. The highest BCUT2D eigenvalue weighted by Gasteiger charge is 2.17. The van der Waals surface area contributed by atoms with Crippen LogP contribution in [-0.2, 0) is 13.2 Å². The standard InChI is InChI=1S/C20H23N3O4/c1-4-23-12-11-16(22-23)14(2)21-20(24)19-10-9-15(27-19)13-26-18-8-6-5-7-17(18)25-3/h5-12,14H,4,13H2,1-3H3,(H,21,24). The maximum atomic E-state index is 12.4. The largest absolute Gasteiger partial charge is 0.493 e. The smallest absolute Gasteiger partial charge is 0.287 e. The van der Waals surface area contributed by atoms with E-state index in [1.165, 1.54) is 0 Å². The highest BCUT2D eigenvalue weighted by Crippen LogP contribution is 2.26. The first-order valence-electron chi connectivity index (χ1n) is 8.79. The summed E-state index contributed by atoms with van der Waals surface area (Å²) in [5.41, 5.74) is 0.802. The lowest BCUT2D eigenvalue weighted by Gasteiger charge is -2.10. The summed E-state index contributed by atoms with van der Waals surface area (Å²) in [7, 11) is 1.59. The van der Waals surface area contributed by atoms with E-state index < -0.39 is 0 Å². The Morgan fingerprint density at radius 2 is 2.00 bits per heavy atom. The zero-order valence-electron chi connectivity index (χ0n) is 15.6. The normalized spacial score (nSPS) is 11.8. The van der Waals surface area contributed by atoms with Crippen LogP contribution in [0.25, 0.3) is 0 Å². The maximum Gasteiger partial charge on any atom is 0.287 e. The van der Waals surface area contributed by atoms with Gasteiger partial charge in [-0.2, -0.15) is 5.10 Å². The number of nitrogens with one attached hydrogen (secondary N) is 1. The minimum atomic E-state index is -0.294. The maximum absolute atomic E-state index is 12.4. The molecule has 2 heterocycles.